The third kappa shape index (κ3) is 3.45. The lowest BCUT2D eigenvalue weighted by molar-refractivity contribution is 0.154. The second kappa shape index (κ2) is 6.67. The highest BCUT2D eigenvalue weighted by Gasteiger charge is 2.14. The van der Waals surface area contributed by atoms with Gasteiger partial charge in [0.05, 0.1) is 9.26 Å². The summed E-state index contributed by atoms with van der Waals surface area (Å²) in [7, 11) is 0. The Labute approximate surface area is 150 Å². The summed E-state index contributed by atoms with van der Waals surface area (Å²) in [6, 6.07) is 4.48. The molecule has 3 aromatic heterocycles. The first-order valence-corrected chi connectivity index (χ1v) is 8.08. The number of ether oxygens (including phenoxy) is 1. The molecule has 3 aromatic rings. The average molecular weight is 441 g/mol. The molecule has 3 rings (SSSR count). The number of rotatable bonds is 3. The molecule has 7 nitrogen and oxygen atoms in total. The van der Waals surface area contributed by atoms with E-state index in [1.165, 1.54) is 12.3 Å². The molecule has 0 atom stereocenters. The Morgan fingerprint density at radius 1 is 1.42 bits per heavy atom. The highest BCUT2D eigenvalue weighted by atomic mass is 127. The van der Waals surface area contributed by atoms with Crippen LogP contribution in [-0.4, -0.2) is 25.7 Å². The molecule has 0 aromatic carbocycles. The van der Waals surface area contributed by atoms with Gasteiger partial charge in [-0.25, -0.2) is 14.8 Å². The number of carbonyl (C=O) groups excluding carboxylic acids is 1. The zero-order chi connectivity index (χ0) is 17.3. The van der Waals surface area contributed by atoms with Gasteiger partial charge in [0, 0.05) is 18.0 Å². The van der Waals surface area contributed by atoms with Crippen molar-refractivity contribution in [2.24, 2.45) is 0 Å². The van der Waals surface area contributed by atoms with Crippen molar-refractivity contribution in [3.05, 3.63) is 50.9 Å². The van der Waals surface area contributed by atoms with E-state index in [0.717, 1.165) is 15.0 Å². The number of amides is 1. The normalized spacial score (nSPS) is 10.8. The van der Waals surface area contributed by atoms with Crippen molar-refractivity contribution in [3.8, 4) is 0 Å². The molecule has 124 valence electrons. The van der Waals surface area contributed by atoms with Gasteiger partial charge in [0.1, 0.15) is 12.4 Å². The number of nitrogens with one attached hydrogen (secondary N) is 1. The molecule has 0 aliphatic carbocycles. The Bertz CT molecular complexity index is 928. The minimum atomic E-state index is -0.665. The van der Waals surface area contributed by atoms with E-state index in [0.29, 0.717) is 17.0 Å². The number of fused-ring (bicyclic) bond motifs is 1. The molecule has 0 spiro atoms. The van der Waals surface area contributed by atoms with E-state index in [-0.39, 0.29) is 6.61 Å². The van der Waals surface area contributed by atoms with Crippen molar-refractivity contribution in [1.29, 1.82) is 0 Å². The smallest absolute Gasteiger partial charge is 0.413 e. The van der Waals surface area contributed by atoms with Crippen molar-refractivity contribution >= 4 is 40.1 Å². The highest BCUT2D eigenvalue weighted by molar-refractivity contribution is 14.1. The Morgan fingerprint density at radius 2 is 2.21 bits per heavy atom. The molecule has 0 radical (unpaired) electrons. The first-order valence-electron chi connectivity index (χ1n) is 7.00. The maximum absolute atomic E-state index is 13.0. The number of hydrogen-bond donors (Lipinski definition) is 1. The number of halogens is 2. The van der Waals surface area contributed by atoms with Crippen molar-refractivity contribution in [2.75, 3.05) is 5.32 Å². The average Bonchev–Trinajstić information content (AvgIpc) is 2.81. The standard InChI is InChI=1S/C15H13FIN5O2/c1-8-5-12(22-14(19-8)13(17)9(2)21-22)20-15(23)24-7-10-3-4-18-11(16)6-10/h3-6H,7H2,1-2H3,(H,20,23). The van der Waals surface area contributed by atoms with E-state index < -0.39 is 12.0 Å². The Morgan fingerprint density at radius 3 is 2.96 bits per heavy atom. The highest BCUT2D eigenvalue weighted by Crippen LogP contribution is 2.20. The van der Waals surface area contributed by atoms with Crippen LogP contribution in [0.1, 0.15) is 17.0 Å². The molecule has 0 bridgehead atoms. The van der Waals surface area contributed by atoms with Crippen molar-refractivity contribution in [1.82, 2.24) is 19.6 Å². The summed E-state index contributed by atoms with van der Waals surface area (Å²) < 4.78 is 20.6. The minimum Gasteiger partial charge on any atom is -0.444 e. The lowest BCUT2D eigenvalue weighted by Crippen LogP contribution is -2.16. The van der Waals surface area contributed by atoms with Gasteiger partial charge in [-0.3, -0.25) is 5.32 Å². The summed E-state index contributed by atoms with van der Waals surface area (Å²) in [5.41, 5.74) is 2.74. The molecular formula is C15H13FIN5O2. The van der Waals surface area contributed by atoms with E-state index in [1.54, 1.807) is 16.6 Å². The maximum Gasteiger partial charge on any atom is 0.413 e. The predicted octanol–water partition coefficient (Wildman–Crippen LogP) is 3.23. The fourth-order valence-electron chi connectivity index (χ4n) is 2.13. The molecule has 3 heterocycles. The topological polar surface area (TPSA) is 81.4 Å². The summed E-state index contributed by atoms with van der Waals surface area (Å²) in [5, 5.41) is 6.99. The van der Waals surface area contributed by atoms with Crippen LogP contribution >= 0.6 is 22.6 Å². The van der Waals surface area contributed by atoms with Crippen LogP contribution in [0.5, 0.6) is 0 Å². The fraction of sp³-hybridized carbons (Fsp3) is 0.200. The van der Waals surface area contributed by atoms with Crippen LogP contribution in [0.4, 0.5) is 15.0 Å². The first kappa shape index (κ1) is 16.6. The molecule has 1 amide bonds. The number of aryl methyl sites for hydroxylation is 2. The number of hydrogen-bond acceptors (Lipinski definition) is 5. The number of aromatic nitrogens is 4. The minimum absolute atomic E-state index is 0.0614. The molecule has 1 N–H and O–H groups in total. The quantitative estimate of drug-likeness (QED) is 0.499. The molecule has 0 aliphatic heterocycles. The molecular weight excluding hydrogens is 428 g/mol. The molecule has 0 saturated carbocycles. The molecule has 9 heteroatoms. The Hall–Kier alpha value is -2.30. The zero-order valence-corrected chi connectivity index (χ0v) is 15.0. The lowest BCUT2D eigenvalue weighted by Gasteiger charge is -2.09. The van der Waals surface area contributed by atoms with Gasteiger partial charge in [-0.1, -0.05) is 0 Å². The zero-order valence-electron chi connectivity index (χ0n) is 12.9. The second-order valence-corrected chi connectivity index (χ2v) is 6.18. The largest absolute Gasteiger partial charge is 0.444 e. The van der Waals surface area contributed by atoms with Gasteiger partial charge in [0.15, 0.2) is 5.65 Å². The van der Waals surface area contributed by atoms with Crippen molar-refractivity contribution in [2.45, 2.75) is 20.5 Å². The first-order chi connectivity index (χ1) is 11.4. The van der Waals surface area contributed by atoms with Crippen molar-refractivity contribution in [3.63, 3.8) is 0 Å². The van der Waals surface area contributed by atoms with Crippen LogP contribution in [0.25, 0.3) is 5.65 Å². The predicted molar refractivity (Wildman–Crippen MR) is 93.2 cm³/mol. The third-order valence-corrected chi connectivity index (χ3v) is 4.47. The van der Waals surface area contributed by atoms with Crippen LogP contribution < -0.4 is 5.32 Å². The van der Waals surface area contributed by atoms with Gasteiger partial charge < -0.3 is 4.74 Å². The van der Waals surface area contributed by atoms with Gasteiger partial charge in [-0.2, -0.15) is 14.0 Å². The monoisotopic (exact) mass is 441 g/mol. The SMILES string of the molecule is Cc1cc(NC(=O)OCc2ccnc(F)c2)n2nc(C)c(I)c2n1. The molecule has 0 aliphatic rings. The van der Waals surface area contributed by atoms with Gasteiger partial charge >= 0.3 is 6.09 Å². The summed E-state index contributed by atoms with van der Waals surface area (Å²) in [5.74, 6) is -0.168. The summed E-state index contributed by atoms with van der Waals surface area (Å²) in [6.07, 6.45) is 0.651. The number of anilines is 1. The summed E-state index contributed by atoms with van der Waals surface area (Å²) in [6.45, 7) is 3.63. The van der Waals surface area contributed by atoms with Gasteiger partial charge in [-0.15, -0.1) is 0 Å². The van der Waals surface area contributed by atoms with E-state index >= 15 is 0 Å². The van der Waals surface area contributed by atoms with E-state index in [4.69, 9.17) is 4.74 Å². The third-order valence-electron chi connectivity index (χ3n) is 3.21. The maximum atomic E-state index is 13.0. The van der Waals surface area contributed by atoms with Crippen LogP contribution in [0.3, 0.4) is 0 Å². The second-order valence-electron chi connectivity index (χ2n) is 5.11. The van der Waals surface area contributed by atoms with Crippen LogP contribution in [0, 0.1) is 23.4 Å². The fourth-order valence-corrected chi connectivity index (χ4v) is 2.59. The van der Waals surface area contributed by atoms with Gasteiger partial charge in [0.2, 0.25) is 5.95 Å². The molecule has 0 unspecified atom stereocenters. The Balaban J connectivity index is 1.77. The molecule has 24 heavy (non-hydrogen) atoms. The number of nitrogens with zero attached hydrogens (tertiary/aromatic N) is 4. The summed E-state index contributed by atoms with van der Waals surface area (Å²) in [4.78, 5) is 19.9. The van der Waals surface area contributed by atoms with Crippen LogP contribution in [0.2, 0.25) is 0 Å². The number of carbonyl (C=O) groups is 1. The van der Waals surface area contributed by atoms with Gasteiger partial charge in [-0.05, 0) is 54.1 Å². The summed E-state index contributed by atoms with van der Waals surface area (Å²) >= 11 is 2.16. The molecule has 0 saturated heterocycles. The van der Waals surface area contributed by atoms with E-state index in [1.807, 2.05) is 13.8 Å². The Kier molecular flexibility index (Phi) is 4.60. The van der Waals surface area contributed by atoms with Crippen LogP contribution in [-0.2, 0) is 11.3 Å². The van der Waals surface area contributed by atoms with Crippen LogP contribution in [0.15, 0.2) is 24.4 Å². The van der Waals surface area contributed by atoms with E-state index in [2.05, 4.69) is 43.0 Å². The van der Waals surface area contributed by atoms with Crippen molar-refractivity contribution < 1.29 is 13.9 Å². The van der Waals surface area contributed by atoms with E-state index in [9.17, 15) is 9.18 Å². The lowest BCUT2D eigenvalue weighted by atomic mass is 10.3. The van der Waals surface area contributed by atoms with Gasteiger partial charge in [0.25, 0.3) is 0 Å². The number of pyridine rings is 1. The molecule has 0 fully saturated rings.